The Labute approximate surface area is 111 Å². The van der Waals surface area contributed by atoms with Gasteiger partial charge in [-0.15, -0.1) is 0 Å². The Morgan fingerprint density at radius 1 is 1.47 bits per heavy atom. The highest BCUT2D eigenvalue weighted by Crippen LogP contribution is 2.32. The summed E-state index contributed by atoms with van der Waals surface area (Å²) in [6.45, 7) is 0. The van der Waals surface area contributed by atoms with Crippen molar-refractivity contribution in [3.05, 3.63) is 24.3 Å². The third-order valence-corrected chi connectivity index (χ3v) is 3.07. The highest BCUT2D eigenvalue weighted by molar-refractivity contribution is 5.95. The van der Waals surface area contributed by atoms with Crippen molar-refractivity contribution in [2.24, 2.45) is 11.7 Å². The van der Waals surface area contributed by atoms with Crippen LogP contribution in [-0.4, -0.2) is 25.0 Å². The summed E-state index contributed by atoms with van der Waals surface area (Å²) in [5, 5.41) is 12.9. The van der Waals surface area contributed by atoms with Crippen LogP contribution in [0.2, 0.25) is 0 Å². The lowest BCUT2D eigenvalue weighted by molar-refractivity contribution is 0.249. The zero-order chi connectivity index (χ0) is 13.8. The van der Waals surface area contributed by atoms with E-state index in [2.05, 4.69) is 10.6 Å². The molecular formula is C13H18N4O2. The Morgan fingerprint density at radius 3 is 2.74 bits per heavy atom. The zero-order valence-corrected chi connectivity index (χ0v) is 10.8. The van der Waals surface area contributed by atoms with Gasteiger partial charge >= 0.3 is 6.03 Å². The lowest BCUT2D eigenvalue weighted by Gasteiger charge is -2.17. The molecule has 6 nitrogen and oxygen atoms in total. The van der Waals surface area contributed by atoms with Crippen molar-refractivity contribution in [3.8, 4) is 5.75 Å². The van der Waals surface area contributed by atoms with Crippen LogP contribution < -0.4 is 21.1 Å². The molecule has 1 unspecified atom stereocenters. The molecule has 0 aromatic heterocycles. The molecule has 102 valence electrons. The van der Waals surface area contributed by atoms with Crippen LogP contribution in [0.25, 0.3) is 0 Å². The summed E-state index contributed by atoms with van der Waals surface area (Å²) in [6, 6.07) is 6.38. The number of hydrogen-bond acceptors (Lipinski definition) is 3. The molecule has 0 heterocycles. The molecule has 0 saturated heterocycles. The number of amides is 2. The maximum absolute atomic E-state index is 11.9. The molecule has 2 amide bonds. The van der Waals surface area contributed by atoms with Crippen LogP contribution in [0.1, 0.15) is 12.8 Å². The topological polar surface area (TPSA) is 100 Å². The molecule has 1 aromatic rings. The van der Waals surface area contributed by atoms with Gasteiger partial charge in [0.05, 0.1) is 18.8 Å². The number of benzene rings is 1. The van der Waals surface area contributed by atoms with E-state index in [4.69, 9.17) is 15.9 Å². The van der Waals surface area contributed by atoms with Gasteiger partial charge in [0, 0.05) is 0 Å². The second-order valence-electron chi connectivity index (χ2n) is 4.57. The Bertz CT molecular complexity index is 485. The lowest BCUT2D eigenvalue weighted by Crippen LogP contribution is -2.47. The van der Waals surface area contributed by atoms with Crippen molar-refractivity contribution in [3.63, 3.8) is 0 Å². The number of ether oxygens (including phenoxy) is 1. The summed E-state index contributed by atoms with van der Waals surface area (Å²) in [4.78, 5) is 11.9. The summed E-state index contributed by atoms with van der Waals surface area (Å²) < 4.78 is 5.15. The van der Waals surface area contributed by atoms with Crippen molar-refractivity contribution < 1.29 is 9.53 Å². The first-order chi connectivity index (χ1) is 9.11. The van der Waals surface area contributed by atoms with Gasteiger partial charge in [-0.05, 0) is 30.9 Å². The molecule has 1 aromatic carbocycles. The van der Waals surface area contributed by atoms with E-state index in [9.17, 15) is 4.79 Å². The Balaban J connectivity index is 1.98. The van der Waals surface area contributed by atoms with Crippen LogP contribution in [0.3, 0.4) is 0 Å². The minimum atomic E-state index is -0.380. The predicted octanol–water partition coefficient (Wildman–Crippen LogP) is 1.53. The number of para-hydroxylation sites is 2. The fourth-order valence-corrected chi connectivity index (χ4v) is 1.93. The van der Waals surface area contributed by atoms with Gasteiger partial charge in [0.25, 0.3) is 0 Å². The predicted molar refractivity (Wildman–Crippen MR) is 73.6 cm³/mol. The van der Waals surface area contributed by atoms with Gasteiger partial charge in [-0.3, -0.25) is 5.41 Å². The smallest absolute Gasteiger partial charge is 0.319 e. The molecule has 19 heavy (non-hydrogen) atoms. The number of rotatable bonds is 5. The summed E-state index contributed by atoms with van der Waals surface area (Å²) in [6.07, 6.45) is 2.00. The summed E-state index contributed by atoms with van der Waals surface area (Å²) in [7, 11) is 1.54. The quantitative estimate of drug-likeness (QED) is 0.478. The fourth-order valence-electron chi connectivity index (χ4n) is 1.93. The first-order valence-corrected chi connectivity index (χ1v) is 6.16. The largest absolute Gasteiger partial charge is 0.495 e. The highest BCUT2D eigenvalue weighted by Gasteiger charge is 2.34. The number of carbonyl (C=O) groups excluding carboxylic acids is 1. The van der Waals surface area contributed by atoms with Crippen LogP contribution in [0.5, 0.6) is 5.75 Å². The second-order valence-corrected chi connectivity index (χ2v) is 4.57. The van der Waals surface area contributed by atoms with E-state index in [1.54, 1.807) is 19.2 Å². The second kappa shape index (κ2) is 5.60. The number of nitrogens with one attached hydrogen (secondary N) is 3. The number of hydrogen-bond donors (Lipinski definition) is 4. The van der Waals surface area contributed by atoms with Crippen molar-refractivity contribution >= 4 is 17.6 Å². The minimum absolute atomic E-state index is 0.00215. The molecule has 0 aliphatic heterocycles. The molecule has 0 bridgehead atoms. The van der Waals surface area contributed by atoms with Gasteiger partial charge in [0.1, 0.15) is 11.6 Å². The van der Waals surface area contributed by atoms with Crippen molar-refractivity contribution in [2.45, 2.75) is 18.9 Å². The summed E-state index contributed by atoms with van der Waals surface area (Å²) in [5.41, 5.74) is 6.08. The third-order valence-electron chi connectivity index (χ3n) is 3.07. The SMILES string of the molecule is COc1ccccc1NC(=O)NC(C(=N)N)C1CC1. The molecule has 2 rings (SSSR count). The molecular weight excluding hydrogens is 244 g/mol. The number of methoxy groups -OCH3 is 1. The molecule has 5 N–H and O–H groups in total. The maximum atomic E-state index is 11.9. The molecule has 1 saturated carbocycles. The minimum Gasteiger partial charge on any atom is -0.495 e. The number of carbonyl (C=O) groups is 1. The molecule has 1 atom stereocenters. The van der Waals surface area contributed by atoms with Crippen LogP contribution in [0, 0.1) is 11.3 Å². The Kier molecular flexibility index (Phi) is 3.89. The molecule has 6 heteroatoms. The van der Waals surface area contributed by atoms with E-state index < -0.39 is 0 Å². The van der Waals surface area contributed by atoms with Crippen LogP contribution >= 0.6 is 0 Å². The Hall–Kier alpha value is -2.24. The van der Waals surface area contributed by atoms with Gasteiger partial charge in [-0.1, -0.05) is 12.1 Å². The van der Waals surface area contributed by atoms with Crippen LogP contribution in [0.15, 0.2) is 24.3 Å². The normalized spacial score (nSPS) is 15.4. The molecule has 0 spiro atoms. The van der Waals surface area contributed by atoms with Gasteiger partial charge < -0.3 is 21.1 Å². The van der Waals surface area contributed by atoms with Gasteiger partial charge in [-0.25, -0.2) is 4.79 Å². The number of nitrogens with two attached hydrogens (primary N) is 1. The fraction of sp³-hybridized carbons (Fsp3) is 0.385. The Morgan fingerprint density at radius 2 is 2.16 bits per heavy atom. The number of urea groups is 1. The van der Waals surface area contributed by atoms with Gasteiger partial charge in [0.15, 0.2) is 0 Å². The summed E-state index contributed by atoms with van der Waals surface area (Å²) >= 11 is 0. The molecule has 1 fully saturated rings. The van der Waals surface area contributed by atoms with Crippen LogP contribution in [0.4, 0.5) is 10.5 Å². The third kappa shape index (κ3) is 3.37. The molecule has 1 aliphatic carbocycles. The van der Waals surface area contributed by atoms with E-state index in [0.29, 0.717) is 17.4 Å². The average molecular weight is 262 g/mol. The van der Waals surface area contributed by atoms with Crippen molar-refractivity contribution in [1.29, 1.82) is 5.41 Å². The van der Waals surface area contributed by atoms with E-state index in [1.807, 2.05) is 12.1 Å². The molecule has 0 radical (unpaired) electrons. The first kappa shape index (κ1) is 13.2. The lowest BCUT2D eigenvalue weighted by atomic mass is 10.2. The van der Waals surface area contributed by atoms with Crippen molar-refractivity contribution in [1.82, 2.24) is 5.32 Å². The van der Waals surface area contributed by atoms with Crippen LogP contribution in [-0.2, 0) is 0 Å². The van der Waals surface area contributed by atoms with E-state index in [-0.39, 0.29) is 17.9 Å². The highest BCUT2D eigenvalue weighted by atomic mass is 16.5. The standard InChI is InChI=1S/C13H18N4O2/c1-19-10-5-3-2-4-9(10)16-13(18)17-11(12(14)15)8-6-7-8/h2-5,8,11H,6-7H2,1H3,(H3,14,15)(H2,16,17,18). The van der Waals surface area contributed by atoms with Gasteiger partial charge in [-0.2, -0.15) is 0 Å². The number of anilines is 1. The van der Waals surface area contributed by atoms with E-state index in [0.717, 1.165) is 12.8 Å². The first-order valence-electron chi connectivity index (χ1n) is 6.16. The van der Waals surface area contributed by atoms with E-state index in [1.165, 1.54) is 0 Å². The monoisotopic (exact) mass is 262 g/mol. The molecule has 1 aliphatic rings. The van der Waals surface area contributed by atoms with Crippen molar-refractivity contribution in [2.75, 3.05) is 12.4 Å². The maximum Gasteiger partial charge on any atom is 0.319 e. The zero-order valence-electron chi connectivity index (χ0n) is 10.8. The summed E-state index contributed by atoms with van der Waals surface area (Å²) in [5.74, 6) is 0.877. The number of amidine groups is 1. The van der Waals surface area contributed by atoms with Gasteiger partial charge in [0.2, 0.25) is 0 Å². The average Bonchev–Trinajstić information content (AvgIpc) is 3.20. The van der Waals surface area contributed by atoms with E-state index >= 15 is 0 Å².